The lowest BCUT2D eigenvalue weighted by molar-refractivity contribution is 0.0416. The van der Waals surface area contributed by atoms with E-state index in [9.17, 15) is 5.11 Å². The summed E-state index contributed by atoms with van der Waals surface area (Å²) in [6, 6.07) is 18.8. The van der Waals surface area contributed by atoms with Crippen LogP contribution in [0.25, 0.3) is 11.1 Å². The zero-order chi connectivity index (χ0) is 16.8. The number of piperidine rings is 1. The Balaban J connectivity index is 1.57. The number of hydrogen-bond acceptors (Lipinski definition) is 2. The third kappa shape index (κ3) is 4.46. The lowest BCUT2D eigenvalue weighted by Crippen LogP contribution is -2.32. The summed E-state index contributed by atoms with van der Waals surface area (Å²) in [6.07, 6.45) is 5.90. The summed E-state index contributed by atoms with van der Waals surface area (Å²) in [5.41, 5.74) is 2.68. The van der Waals surface area contributed by atoms with Gasteiger partial charge in [-0.3, -0.25) is 0 Å². The molecular weight excluding hydrogens is 294 g/mol. The maximum absolute atomic E-state index is 10.9. The summed E-state index contributed by atoms with van der Waals surface area (Å²) < 4.78 is 0. The SMILES string of the molecule is CC(O)(CCCN1CCCCC1)c1ccc(-c2ccccc2)cc1. The monoisotopic (exact) mass is 323 g/mol. The minimum atomic E-state index is -0.745. The normalized spacial score (nSPS) is 18.2. The van der Waals surface area contributed by atoms with Crippen LogP contribution in [-0.2, 0) is 5.60 Å². The molecule has 2 heteroatoms. The van der Waals surface area contributed by atoms with E-state index in [1.165, 1.54) is 43.5 Å². The Labute approximate surface area is 146 Å². The molecule has 0 amide bonds. The molecule has 0 aromatic heterocycles. The third-order valence-electron chi connectivity index (χ3n) is 5.20. The van der Waals surface area contributed by atoms with Gasteiger partial charge in [-0.2, -0.15) is 0 Å². The van der Waals surface area contributed by atoms with Gasteiger partial charge in [-0.05, 0) is 68.9 Å². The predicted octanol–water partition coefficient (Wildman–Crippen LogP) is 4.83. The van der Waals surface area contributed by atoms with Crippen LogP contribution in [0.4, 0.5) is 0 Å². The molecule has 1 aliphatic heterocycles. The molecule has 1 aliphatic rings. The van der Waals surface area contributed by atoms with Gasteiger partial charge >= 0.3 is 0 Å². The van der Waals surface area contributed by atoms with Crippen molar-refractivity contribution in [3.8, 4) is 11.1 Å². The van der Waals surface area contributed by atoms with Crippen molar-refractivity contribution in [2.45, 2.75) is 44.6 Å². The van der Waals surface area contributed by atoms with Crippen molar-refractivity contribution >= 4 is 0 Å². The van der Waals surface area contributed by atoms with E-state index < -0.39 is 5.60 Å². The van der Waals surface area contributed by atoms with E-state index in [0.29, 0.717) is 0 Å². The molecule has 0 aliphatic carbocycles. The van der Waals surface area contributed by atoms with Crippen molar-refractivity contribution in [1.82, 2.24) is 4.90 Å². The Morgan fingerprint density at radius 3 is 2.17 bits per heavy atom. The quantitative estimate of drug-likeness (QED) is 0.823. The van der Waals surface area contributed by atoms with Gasteiger partial charge in [-0.25, -0.2) is 0 Å². The van der Waals surface area contributed by atoms with Gasteiger partial charge in [0.15, 0.2) is 0 Å². The zero-order valence-electron chi connectivity index (χ0n) is 14.7. The molecule has 0 bridgehead atoms. The first kappa shape index (κ1) is 17.2. The van der Waals surface area contributed by atoms with Gasteiger partial charge in [0.2, 0.25) is 0 Å². The van der Waals surface area contributed by atoms with Crippen LogP contribution in [0.15, 0.2) is 54.6 Å². The fourth-order valence-electron chi connectivity index (χ4n) is 3.63. The number of likely N-dealkylation sites (tertiary alicyclic amines) is 1. The van der Waals surface area contributed by atoms with Crippen molar-refractivity contribution in [3.05, 3.63) is 60.2 Å². The molecule has 2 nitrogen and oxygen atoms in total. The van der Waals surface area contributed by atoms with Gasteiger partial charge in [0, 0.05) is 0 Å². The van der Waals surface area contributed by atoms with Crippen molar-refractivity contribution < 1.29 is 5.11 Å². The molecule has 1 heterocycles. The molecule has 2 aromatic rings. The van der Waals surface area contributed by atoms with Gasteiger partial charge in [0.1, 0.15) is 0 Å². The van der Waals surface area contributed by atoms with Crippen LogP contribution in [0, 0.1) is 0 Å². The highest BCUT2D eigenvalue weighted by Crippen LogP contribution is 2.28. The average molecular weight is 323 g/mol. The van der Waals surface area contributed by atoms with Crippen LogP contribution >= 0.6 is 0 Å². The van der Waals surface area contributed by atoms with Gasteiger partial charge in [0.05, 0.1) is 5.60 Å². The highest BCUT2D eigenvalue weighted by atomic mass is 16.3. The van der Waals surface area contributed by atoms with Crippen LogP contribution < -0.4 is 0 Å². The molecule has 1 saturated heterocycles. The lowest BCUT2D eigenvalue weighted by atomic mass is 9.89. The van der Waals surface area contributed by atoms with E-state index in [1.807, 2.05) is 13.0 Å². The topological polar surface area (TPSA) is 23.5 Å². The Hall–Kier alpha value is -1.64. The highest BCUT2D eigenvalue weighted by Gasteiger charge is 2.23. The summed E-state index contributed by atoms with van der Waals surface area (Å²) in [5.74, 6) is 0. The minimum Gasteiger partial charge on any atom is -0.385 e. The van der Waals surface area contributed by atoms with Crippen molar-refractivity contribution in [3.63, 3.8) is 0 Å². The average Bonchev–Trinajstić information content (AvgIpc) is 2.63. The summed E-state index contributed by atoms with van der Waals surface area (Å²) in [7, 11) is 0. The largest absolute Gasteiger partial charge is 0.385 e. The molecule has 2 aromatic carbocycles. The third-order valence-corrected chi connectivity index (χ3v) is 5.20. The van der Waals surface area contributed by atoms with Crippen LogP contribution in [-0.4, -0.2) is 29.6 Å². The predicted molar refractivity (Wildman–Crippen MR) is 101 cm³/mol. The van der Waals surface area contributed by atoms with Crippen molar-refractivity contribution in [1.29, 1.82) is 0 Å². The first-order valence-electron chi connectivity index (χ1n) is 9.26. The maximum atomic E-state index is 10.9. The molecule has 1 unspecified atom stereocenters. The fourth-order valence-corrected chi connectivity index (χ4v) is 3.63. The zero-order valence-corrected chi connectivity index (χ0v) is 14.7. The molecular formula is C22H29NO. The summed E-state index contributed by atoms with van der Waals surface area (Å²) in [6.45, 7) is 5.51. The standard InChI is InChI=1S/C22H29NO/c1-22(24,15-8-18-23-16-6-3-7-17-23)21-13-11-20(12-14-21)19-9-4-2-5-10-19/h2,4-5,9-14,24H,3,6-8,15-18H2,1H3. The number of benzene rings is 2. The molecule has 128 valence electrons. The molecule has 0 saturated carbocycles. The second kappa shape index (κ2) is 7.96. The summed E-state index contributed by atoms with van der Waals surface area (Å²) in [5, 5.41) is 10.9. The first-order chi connectivity index (χ1) is 11.6. The van der Waals surface area contributed by atoms with Crippen molar-refractivity contribution in [2.24, 2.45) is 0 Å². The molecule has 24 heavy (non-hydrogen) atoms. The second-order valence-corrected chi connectivity index (χ2v) is 7.22. The van der Waals surface area contributed by atoms with E-state index in [2.05, 4.69) is 53.4 Å². The number of rotatable bonds is 6. The maximum Gasteiger partial charge on any atom is 0.0869 e. The minimum absolute atomic E-state index is 0.745. The first-order valence-corrected chi connectivity index (χ1v) is 9.26. The van der Waals surface area contributed by atoms with Crippen LogP contribution in [0.2, 0.25) is 0 Å². The highest BCUT2D eigenvalue weighted by molar-refractivity contribution is 5.63. The van der Waals surface area contributed by atoms with E-state index in [0.717, 1.165) is 24.9 Å². The number of hydrogen-bond donors (Lipinski definition) is 1. The Kier molecular flexibility index (Phi) is 5.70. The molecule has 1 fully saturated rings. The van der Waals surface area contributed by atoms with E-state index in [4.69, 9.17) is 0 Å². The molecule has 1 atom stereocenters. The molecule has 1 N–H and O–H groups in total. The molecule has 3 rings (SSSR count). The van der Waals surface area contributed by atoms with Crippen molar-refractivity contribution in [2.75, 3.05) is 19.6 Å². The Bertz CT molecular complexity index is 612. The van der Waals surface area contributed by atoms with Gasteiger partial charge in [-0.15, -0.1) is 0 Å². The summed E-state index contributed by atoms with van der Waals surface area (Å²) in [4.78, 5) is 2.54. The Morgan fingerprint density at radius 1 is 0.875 bits per heavy atom. The van der Waals surface area contributed by atoms with Crippen LogP contribution in [0.5, 0.6) is 0 Å². The molecule has 0 spiro atoms. The fraction of sp³-hybridized carbons (Fsp3) is 0.455. The van der Waals surface area contributed by atoms with E-state index in [1.54, 1.807) is 0 Å². The molecule has 0 radical (unpaired) electrons. The van der Waals surface area contributed by atoms with Gasteiger partial charge < -0.3 is 10.0 Å². The van der Waals surface area contributed by atoms with E-state index >= 15 is 0 Å². The van der Waals surface area contributed by atoms with Crippen LogP contribution in [0.1, 0.15) is 44.6 Å². The number of nitrogens with zero attached hydrogens (tertiary/aromatic N) is 1. The van der Waals surface area contributed by atoms with Gasteiger partial charge in [0.25, 0.3) is 0 Å². The second-order valence-electron chi connectivity index (χ2n) is 7.22. The number of aliphatic hydroxyl groups is 1. The van der Waals surface area contributed by atoms with Gasteiger partial charge in [-0.1, -0.05) is 61.0 Å². The lowest BCUT2D eigenvalue weighted by Gasteiger charge is -2.29. The van der Waals surface area contributed by atoms with E-state index in [-0.39, 0.29) is 0 Å². The summed E-state index contributed by atoms with van der Waals surface area (Å²) >= 11 is 0. The smallest absolute Gasteiger partial charge is 0.0869 e. The van der Waals surface area contributed by atoms with Crippen LogP contribution in [0.3, 0.4) is 0 Å². The Morgan fingerprint density at radius 2 is 1.50 bits per heavy atom.